The SMILES string of the molecule is C1CO1.CCCCCCCCCCCCCCCCCC(=O)OCC. The van der Waals surface area contributed by atoms with E-state index >= 15 is 0 Å². The van der Waals surface area contributed by atoms with Crippen LogP contribution in [0.2, 0.25) is 0 Å². The maximum Gasteiger partial charge on any atom is 0.305 e. The number of hydrogen-bond acceptors (Lipinski definition) is 3. The van der Waals surface area contributed by atoms with E-state index in [0.29, 0.717) is 13.0 Å². The van der Waals surface area contributed by atoms with Gasteiger partial charge in [-0.3, -0.25) is 4.79 Å². The average Bonchev–Trinajstić information content (AvgIpc) is 3.47. The van der Waals surface area contributed by atoms with Gasteiger partial charge >= 0.3 is 5.97 Å². The van der Waals surface area contributed by atoms with E-state index in [4.69, 9.17) is 4.74 Å². The van der Waals surface area contributed by atoms with Crippen molar-refractivity contribution in [1.82, 2.24) is 0 Å². The summed E-state index contributed by atoms with van der Waals surface area (Å²) < 4.78 is 9.42. The van der Waals surface area contributed by atoms with Crippen LogP contribution in [0.5, 0.6) is 0 Å². The molecule has 3 nitrogen and oxygen atoms in total. The predicted octanol–water partition coefficient (Wildman–Crippen LogP) is 6.83. The Hall–Kier alpha value is -0.570. The van der Waals surface area contributed by atoms with E-state index in [0.717, 1.165) is 19.6 Å². The molecule has 0 aromatic rings. The minimum atomic E-state index is -0.0304. The first-order chi connectivity index (χ1) is 12.3. The number of ether oxygens (including phenoxy) is 2. The number of carbonyl (C=O) groups is 1. The quantitative estimate of drug-likeness (QED) is 0.163. The molecule has 0 bridgehead atoms. The van der Waals surface area contributed by atoms with Crippen molar-refractivity contribution >= 4 is 5.97 Å². The van der Waals surface area contributed by atoms with Crippen LogP contribution in [0.4, 0.5) is 0 Å². The highest BCUT2D eigenvalue weighted by Crippen LogP contribution is 2.13. The topological polar surface area (TPSA) is 38.8 Å². The maximum atomic E-state index is 11.2. The third-order valence-electron chi connectivity index (χ3n) is 4.49. The van der Waals surface area contributed by atoms with Gasteiger partial charge in [0.1, 0.15) is 0 Å². The molecule has 1 aliphatic heterocycles. The smallest absolute Gasteiger partial charge is 0.305 e. The molecule has 1 fully saturated rings. The number of carbonyl (C=O) groups excluding carboxylic acids is 1. The van der Waals surface area contributed by atoms with Crippen molar-refractivity contribution < 1.29 is 14.3 Å². The molecule has 3 heteroatoms. The summed E-state index contributed by atoms with van der Waals surface area (Å²) in [4.78, 5) is 11.2. The molecule has 0 N–H and O–H groups in total. The lowest BCUT2D eigenvalue weighted by Crippen LogP contribution is -2.03. The Bertz CT molecular complexity index is 261. The largest absolute Gasteiger partial charge is 0.466 e. The lowest BCUT2D eigenvalue weighted by molar-refractivity contribution is -0.143. The first-order valence-corrected chi connectivity index (χ1v) is 11.0. The first-order valence-electron chi connectivity index (χ1n) is 11.0. The molecule has 0 aromatic carbocycles. The van der Waals surface area contributed by atoms with Crippen LogP contribution in [-0.4, -0.2) is 25.8 Å². The molecule has 0 amide bonds. The number of esters is 1. The van der Waals surface area contributed by atoms with Gasteiger partial charge in [-0.2, -0.15) is 0 Å². The van der Waals surface area contributed by atoms with Crippen molar-refractivity contribution in [1.29, 1.82) is 0 Å². The Balaban J connectivity index is 0.00000171. The van der Waals surface area contributed by atoms with Gasteiger partial charge in [0.05, 0.1) is 19.8 Å². The minimum Gasteiger partial charge on any atom is -0.466 e. The number of rotatable bonds is 17. The van der Waals surface area contributed by atoms with Gasteiger partial charge in [0, 0.05) is 6.42 Å². The highest BCUT2D eigenvalue weighted by atomic mass is 16.6. The molecule has 25 heavy (non-hydrogen) atoms. The van der Waals surface area contributed by atoms with Crippen LogP contribution >= 0.6 is 0 Å². The Morgan fingerprint density at radius 1 is 0.680 bits per heavy atom. The van der Waals surface area contributed by atoms with E-state index in [2.05, 4.69) is 11.7 Å². The van der Waals surface area contributed by atoms with Crippen molar-refractivity contribution in [2.45, 2.75) is 117 Å². The van der Waals surface area contributed by atoms with Crippen LogP contribution in [0.25, 0.3) is 0 Å². The second-order valence-corrected chi connectivity index (χ2v) is 7.12. The Morgan fingerprint density at radius 2 is 1.04 bits per heavy atom. The van der Waals surface area contributed by atoms with E-state index in [9.17, 15) is 4.79 Å². The minimum absolute atomic E-state index is 0.0304. The molecular formula is C22H44O3. The lowest BCUT2D eigenvalue weighted by Gasteiger charge is -2.03. The van der Waals surface area contributed by atoms with Crippen LogP contribution in [0.3, 0.4) is 0 Å². The zero-order chi connectivity index (χ0) is 18.4. The Morgan fingerprint density at radius 3 is 1.36 bits per heavy atom. The normalized spacial score (nSPS) is 12.4. The van der Waals surface area contributed by atoms with Gasteiger partial charge in [-0.15, -0.1) is 0 Å². The molecular weight excluding hydrogens is 312 g/mol. The van der Waals surface area contributed by atoms with Crippen LogP contribution in [0, 0.1) is 0 Å². The fourth-order valence-electron chi connectivity index (χ4n) is 2.87. The van der Waals surface area contributed by atoms with Crippen LogP contribution < -0.4 is 0 Å². The van der Waals surface area contributed by atoms with Gasteiger partial charge in [0.15, 0.2) is 0 Å². The van der Waals surface area contributed by atoms with Crippen LogP contribution in [0.15, 0.2) is 0 Å². The molecule has 1 aliphatic rings. The molecule has 1 heterocycles. The number of epoxide rings is 1. The third-order valence-corrected chi connectivity index (χ3v) is 4.49. The van der Waals surface area contributed by atoms with E-state index in [-0.39, 0.29) is 5.97 Å². The summed E-state index contributed by atoms with van der Waals surface area (Å²) in [6, 6.07) is 0. The summed E-state index contributed by atoms with van der Waals surface area (Å²) in [5, 5.41) is 0. The van der Waals surface area contributed by atoms with Crippen LogP contribution in [0.1, 0.15) is 117 Å². The van der Waals surface area contributed by atoms with E-state index < -0.39 is 0 Å². The summed E-state index contributed by atoms with van der Waals surface area (Å²) in [6.07, 6.45) is 21.0. The van der Waals surface area contributed by atoms with Gasteiger partial charge in [-0.25, -0.2) is 0 Å². The van der Waals surface area contributed by atoms with Crippen molar-refractivity contribution in [3.63, 3.8) is 0 Å². The summed E-state index contributed by atoms with van der Waals surface area (Å²) in [5.41, 5.74) is 0. The van der Waals surface area contributed by atoms with Crippen LogP contribution in [-0.2, 0) is 14.3 Å². The second-order valence-electron chi connectivity index (χ2n) is 7.12. The third kappa shape index (κ3) is 25.8. The lowest BCUT2D eigenvalue weighted by atomic mass is 10.0. The Labute approximate surface area is 157 Å². The predicted molar refractivity (Wildman–Crippen MR) is 107 cm³/mol. The summed E-state index contributed by atoms with van der Waals surface area (Å²) in [7, 11) is 0. The second kappa shape index (κ2) is 21.5. The standard InChI is InChI=1S/C20H40O2.C2H4O/c1-3-5-6-7-8-9-10-11-12-13-14-15-16-17-18-19-20(21)22-4-2;1-2-3-1/h3-19H2,1-2H3;1-2H2. The highest BCUT2D eigenvalue weighted by molar-refractivity contribution is 5.69. The molecule has 0 aromatic heterocycles. The van der Waals surface area contributed by atoms with E-state index in [1.54, 1.807) is 0 Å². The molecule has 150 valence electrons. The monoisotopic (exact) mass is 356 g/mol. The van der Waals surface area contributed by atoms with Gasteiger partial charge in [-0.1, -0.05) is 96.8 Å². The number of hydrogen-bond donors (Lipinski definition) is 0. The molecule has 0 radical (unpaired) electrons. The van der Waals surface area contributed by atoms with Crippen molar-refractivity contribution in [3.8, 4) is 0 Å². The van der Waals surface area contributed by atoms with Gasteiger partial charge in [0.2, 0.25) is 0 Å². The molecule has 0 unspecified atom stereocenters. The molecule has 1 saturated heterocycles. The van der Waals surface area contributed by atoms with Gasteiger partial charge in [0.25, 0.3) is 0 Å². The zero-order valence-electron chi connectivity index (χ0n) is 17.2. The molecule has 0 saturated carbocycles. The first kappa shape index (κ1) is 24.4. The molecule has 0 spiro atoms. The van der Waals surface area contributed by atoms with Crippen molar-refractivity contribution in [2.75, 3.05) is 19.8 Å². The highest BCUT2D eigenvalue weighted by Gasteiger charge is 2.00. The summed E-state index contributed by atoms with van der Waals surface area (Å²) in [5.74, 6) is -0.0304. The van der Waals surface area contributed by atoms with E-state index in [1.165, 1.54) is 89.9 Å². The van der Waals surface area contributed by atoms with Gasteiger partial charge < -0.3 is 9.47 Å². The molecule has 1 rings (SSSR count). The Kier molecular flexibility index (Phi) is 21.0. The van der Waals surface area contributed by atoms with E-state index in [1.807, 2.05) is 6.92 Å². The summed E-state index contributed by atoms with van der Waals surface area (Å²) in [6.45, 7) is 6.66. The fourth-order valence-corrected chi connectivity index (χ4v) is 2.87. The maximum absolute atomic E-state index is 11.2. The fraction of sp³-hybridized carbons (Fsp3) is 0.955. The number of unbranched alkanes of at least 4 members (excludes halogenated alkanes) is 14. The van der Waals surface area contributed by atoms with Crippen molar-refractivity contribution in [2.24, 2.45) is 0 Å². The molecule has 0 aliphatic carbocycles. The summed E-state index contributed by atoms with van der Waals surface area (Å²) >= 11 is 0. The molecule has 0 atom stereocenters. The zero-order valence-corrected chi connectivity index (χ0v) is 17.2. The van der Waals surface area contributed by atoms with Gasteiger partial charge in [-0.05, 0) is 13.3 Å². The average molecular weight is 357 g/mol. The van der Waals surface area contributed by atoms with Crippen molar-refractivity contribution in [3.05, 3.63) is 0 Å².